The second-order valence-electron chi connectivity index (χ2n) is 6.95. The van der Waals surface area contributed by atoms with E-state index in [2.05, 4.69) is 27.8 Å². The summed E-state index contributed by atoms with van der Waals surface area (Å²) in [6, 6.07) is 10.2. The molecule has 1 aliphatic carbocycles. The van der Waals surface area contributed by atoms with Gasteiger partial charge in [-0.2, -0.15) is 0 Å². The van der Waals surface area contributed by atoms with E-state index in [1.807, 2.05) is 24.4 Å². The summed E-state index contributed by atoms with van der Waals surface area (Å²) < 4.78 is 0. The van der Waals surface area contributed by atoms with Crippen molar-refractivity contribution in [3.63, 3.8) is 0 Å². The zero-order valence-electron chi connectivity index (χ0n) is 14.2. The number of para-hydroxylation sites is 1. The Labute approximate surface area is 161 Å². The molecule has 1 saturated heterocycles. The van der Waals surface area contributed by atoms with Crippen molar-refractivity contribution in [3.05, 3.63) is 42.1 Å². The molecule has 2 aliphatic rings. The lowest BCUT2D eigenvalue weighted by molar-refractivity contribution is -0.134. The first-order valence-corrected chi connectivity index (χ1v) is 8.61. The quantitative estimate of drug-likeness (QED) is 0.855. The van der Waals surface area contributed by atoms with Crippen LogP contribution in [0, 0.1) is 11.3 Å². The lowest BCUT2D eigenvalue weighted by Crippen LogP contribution is -2.47. The number of nitrogens with one attached hydrogen (secondary N) is 2. The largest absolute Gasteiger partial charge is 0.351 e. The fraction of sp³-hybridized carbons (Fsp3) is 0.474. The summed E-state index contributed by atoms with van der Waals surface area (Å²) in [5, 5.41) is 7.73. The van der Waals surface area contributed by atoms with Gasteiger partial charge in [-0.15, -0.1) is 24.8 Å². The molecule has 4 nitrogen and oxygen atoms in total. The topological polar surface area (TPSA) is 54.0 Å². The molecule has 1 aliphatic heterocycles. The highest BCUT2D eigenvalue weighted by Crippen LogP contribution is 2.43. The smallest absolute Gasteiger partial charge is 0.228 e. The van der Waals surface area contributed by atoms with E-state index in [9.17, 15) is 4.79 Å². The first kappa shape index (κ1) is 20.0. The van der Waals surface area contributed by atoms with Crippen molar-refractivity contribution < 1.29 is 4.79 Å². The lowest BCUT2D eigenvalue weighted by Gasteiger charge is -2.37. The second kappa shape index (κ2) is 8.35. The second-order valence-corrected chi connectivity index (χ2v) is 6.95. The summed E-state index contributed by atoms with van der Waals surface area (Å²) in [5.74, 6) is 0.728. The van der Waals surface area contributed by atoms with E-state index in [0.717, 1.165) is 36.0 Å². The Morgan fingerprint density at radius 3 is 3.00 bits per heavy atom. The van der Waals surface area contributed by atoms with Crippen LogP contribution in [0.5, 0.6) is 0 Å². The molecule has 1 aromatic carbocycles. The number of fused-ring (bicyclic) bond motifs is 2. The van der Waals surface area contributed by atoms with Crippen molar-refractivity contribution in [2.24, 2.45) is 11.3 Å². The Morgan fingerprint density at radius 2 is 2.12 bits per heavy atom. The van der Waals surface area contributed by atoms with Gasteiger partial charge in [0.15, 0.2) is 0 Å². The van der Waals surface area contributed by atoms with Gasteiger partial charge in [0.25, 0.3) is 0 Å². The molecule has 25 heavy (non-hydrogen) atoms. The normalized spacial score (nSPS) is 24.7. The van der Waals surface area contributed by atoms with E-state index in [1.54, 1.807) is 0 Å². The van der Waals surface area contributed by atoms with E-state index in [4.69, 9.17) is 0 Å². The third-order valence-corrected chi connectivity index (χ3v) is 5.59. The molecule has 6 heteroatoms. The number of hydrogen-bond donors (Lipinski definition) is 2. The summed E-state index contributed by atoms with van der Waals surface area (Å²) in [6.07, 6.45) is 6.50. The number of amides is 1. The van der Waals surface area contributed by atoms with Crippen LogP contribution in [-0.2, 0) is 11.3 Å². The monoisotopic (exact) mass is 381 g/mol. The van der Waals surface area contributed by atoms with Gasteiger partial charge in [-0.1, -0.05) is 31.0 Å². The maximum atomic E-state index is 12.9. The SMILES string of the molecule is Cl.Cl.O=C(NCc1cnc2ccccc2c1)[C@@]12CCCC[C@H]1CNC2. The van der Waals surface area contributed by atoms with Crippen LogP contribution < -0.4 is 10.6 Å². The molecular weight excluding hydrogens is 357 g/mol. The van der Waals surface area contributed by atoms with Gasteiger partial charge in [0.2, 0.25) is 5.91 Å². The van der Waals surface area contributed by atoms with Crippen LogP contribution in [-0.4, -0.2) is 24.0 Å². The standard InChI is InChI=1S/C19H23N3O.2ClH/c23-18(19-8-4-3-6-16(19)12-20-13-19)22-11-14-9-15-5-1-2-7-17(15)21-10-14;;/h1-2,5,7,9-10,16,20H,3-4,6,8,11-13H2,(H,22,23);2*1H/t16-,19+;;/m0../s1. The van der Waals surface area contributed by atoms with E-state index >= 15 is 0 Å². The molecule has 0 radical (unpaired) electrons. The summed E-state index contributed by atoms with van der Waals surface area (Å²) >= 11 is 0. The highest BCUT2D eigenvalue weighted by atomic mass is 35.5. The molecule has 1 aromatic heterocycles. The molecule has 2 atom stereocenters. The molecule has 136 valence electrons. The summed E-state index contributed by atoms with van der Waals surface area (Å²) in [7, 11) is 0. The van der Waals surface area contributed by atoms with Crippen LogP contribution in [0.15, 0.2) is 36.5 Å². The summed E-state index contributed by atoms with van der Waals surface area (Å²) in [5.41, 5.74) is 1.88. The van der Waals surface area contributed by atoms with Crippen LogP contribution in [0.2, 0.25) is 0 Å². The molecule has 0 bridgehead atoms. The fourth-order valence-corrected chi connectivity index (χ4v) is 4.26. The zero-order valence-corrected chi connectivity index (χ0v) is 15.8. The lowest BCUT2D eigenvalue weighted by atomic mass is 9.67. The van der Waals surface area contributed by atoms with Crippen LogP contribution in [0.3, 0.4) is 0 Å². The Morgan fingerprint density at radius 1 is 1.28 bits per heavy atom. The van der Waals surface area contributed by atoms with Crippen LogP contribution >= 0.6 is 24.8 Å². The van der Waals surface area contributed by atoms with Gasteiger partial charge in [0.05, 0.1) is 10.9 Å². The number of carbonyl (C=O) groups excluding carboxylic acids is 1. The maximum Gasteiger partial charge on any atom is 0.228 e. The molecule has 4 rings (SSSR count). The number of benzene rings is 1. The Bertz CT molecular complexity index is 739. The molecule has 2 fully saturated rings. The van der Waals surface area contributed by atoms with Crippen molar-refractivity contribution in [2.45, 2.75) is 32.2 Å². The minimum absolute atomic E-state index is 0. The van der Waals surface area contributed by atoms with Crippen molar-refractivity contribution >= 4 is 41.6 Å². The minimum Gasteiger partial charge on any atom is -0.351 e. The third kappa shape index (κ3) is 3.76. The van der Waals surface area contributed by atoms with Crippen LogP contribution in [0.25, 0.3) is 10.9 Å². The molecular formula is C19H25Cl2N3O. The average Bonchev–Trinajstić information content (AvgIpc) is 3.04. The van der Waals surface area contributed by atoms with E-state index in [1.165, 1.54) is 19.3 Å². The van der Waals surface area contributed by atoms with Crippen molar-refractivity contribution in [1.29, 1.82) is 0 Å². The van der Waals surface area contributed by atoms with Gasteiger partial charge >= 0.3 is 0 Å². The van der Waals surface area contributed by atoms with Gasteiger partial charge in [0, 0.05) is 24.7 Å². The third-order valence-electron chi connectivity index (χ3n) is 5.59. The Kier molecular flexibility index (Phi) is 6.66. The first-order valence-electron chi connectivity index (χ1n) is 8.61. The molecule has 2 aromatic rings. The number of carbonyl (C=O) groups is 1. The molecule has 1 saturated carbocycles. The van der Waals surface area contributed by atoms with Gasteiger partial charge in [-0.25, -0.2) is 0 Å². The predicted octanol–water partition coefficient (Wildman–Crippen LogP) is 3.47. The molecule has 1 amide bonds. The molecule has 2 N–H and O–H groups in total. The highest BCUT2D eigenvalue weighted by Gasteiger charge is 2.49. The molecule has 2 heterocycles. The van der Waals surface area contributed by atoms with Gasteiger partial charge < -0.3 is 10.6 Å². The number of rotatable bonds is 3. The van der Waals surface area contributed by atoms with E-state index < -0.39 is 0 Å². The van der Waals surface area contributed by atoms with Gasteiger partial charge in [-0.05, 0) is 43.0 Å². The molecule has 0 unspecified atom stereocenters. The number of aromatic nitrogens is 1. The number of hydrogen-bond acceptors (Lipinski definition) is 3. The van der Waals surface area contributed by atoms with E-state index in [0.29, 0.717) is 12.5 Å². The van der Waals surface area contributed by atoms with E-state index in [-0.39, 0.29) is 36.1 Å². The minimum atomic E-state index is -0.178. The first-order chi connectivity index (χ1) is 11.3. The highest BCUT2D eigenvalue weighted by molar-refractivity contribution is 5.86. The Balaban J connectivity index is 0.00000113. The summed E-state index contributed by atoms with van der Waals surface area (Å²) in [6.45, 7) is 2.38. The average molecular weight is 382 g/mol. The number of nitrogens with zero attached hydrogens (tertiary/aromatic N) is 1. The predicted molar refractivity (Wildman–Crippen MR) is 105 cm³/mol. The summed E-state index contributed by atoms with van der Waals surface area (Å²) in [4.78, 5) is 17.3. The molecule has 0 spiro atoms. The number of pyridine rings is 1. The van der Waals surface area contributed by atoms with Crippen LogP contribution in [0.4, 0.5) is 0 Å². The van der Waals surface area contributed by atoms with Gasteiger partial charge in [-0.3, -0.25) is 9.78 Å². The van der Waals surface area contributed by atoms with Gasteiger partial charge in [0.1, 0.15) is 0 Å². The maximum absolute atomic E-state index is 12.9. The van der Waals surface area contributed by atoms with Crippen molar-refractivity contribution in [3.8, 4) is 0 Å². The number of halogens is 2. The fourth-order valence-electron chi connectivity index (χ4n) is 4.26. The van der Waals surface area contributed by atoms with Crippen molar-refractivity contribution in [1.82, 2.24) is 15.6 Å². The zero-order chi connectivity index (χ0) is 15.7. The van der Waals surface area contributed by atoms with Crippen molar-refractivity contribution in [2.75, 3.05) is 13.1 Å². The van der Waals surface area contributed by atoms with Crippen LogP contribution in [0.1, 0.15) is 31.2 Å². The Hall–Kier alpha value is -1.36.